The Morgan fingerprint density at radius 2 is 1.73 bits per heavy atom. The molecule has 0 spiro atoms. The second-order valence-corrected chi connectivity index (χ2v) is 6.15. The van der Waals surface area contributed by atoms with Gasteiger partial charge >= 0.3 is 0 Å². The number of nitriles is 1. The van der Waals surface area contributed by atoms with E-state index < -0.39 is 17.6 Å². The minimum absolute atomic E-state index is 0.101. The number of amides is 1. The number of nitrogens with zero attached hydrogens (tertiary/aromatic N) is 1. The number of Topliss-reactive ketones (excluding diaryl/α,β-unsaturated/α-hetero) is 1. The summed E-state index contributed by atoms with van der Waals surface area (Å²) in [4.78, 5) is 24.8. The zero-order chi connectivity index (χ0) is 16.1. The SMILES string of the molecule is Cc1cc(C)cc(C(=O)[C@H](C#N)C(=O)NC2CCCCC2)c1. The summed E-state index contributed by atoms with van der Waals surface area (Å²) in [7, 11) is 0. The summed E-state index contributed by atoms with van der Waals surface area (Å²) in [5.41, 5.74) is 2.34. The summed E-state index contributed by atoms with van der Waals surface area (Å²) >= 11 is 0. The Balaban J connectivity index is 2.11. The van der Waals surface area contributed by atoms with Crippen molar-refractivity contribution in [2.45, 2.75) is 52.0 Å². The smallest absolute Gasteiger partial charge is 0.245 e. The highest BCUT2D eigenvalue weighted by Gasteiger charge is 2.29. The molecule has 1 atom stereocenters. The van der Waals surface area contributed by atoms with Crippen LogP contribution in [0.1, 0.15) is 53.6 Å². The predicted octanol–water partition coefficient (Wildman–Crippen LogP) is 3.07. The molecule has 1 saturated carbocycles. The zero-order valence-corrected chi connectivity index (χ0v) is 13.2. The molecule has 4 nitrogen and oxygen atoms in total. The number of benzene rings is 1. The fraction of sp³-hybridized carbons (Fsp3) is 0.500. The summed E-state index contributed by atoms with van der Waals surface area (Å²) in [5, 5.41) is 12.1. The minimum Gasteiger partial charge on any atom is -0.352 e. The van der Waals surface area contributed by atoms with Crippen molar-refractivity contribution in [2.24, 2.45) is 5.92 Å². The lowest BCUT2D eigenvalue weighted by molar-refractivity contribution is -0.123. The van der Waals surface area contributed by atoms with Gasteiger partial charge in [-0.05, 0) is 38.8 Å². The third kappa shape index (κ3) is 3.94. The molecule has 1 amide bonds. The van der Waals surface area contributed by atoms with E-state index in [0.717, 1.165) is 36.8 Å². The fourth-order valence-corrected chi connectivity index (χ4v) is 3.05. The van der Waals surface area contributed by atoms with Crippen LogP contribution in [0.4, 0.5) is 0 Å². The molecule has 0 bridgehead atoms. The molecule has 1 fully saturated rings. The van der Waals surface area contributed by atoms with Crippen LogP contribution in [0.3, 0.4) is 0 Å². The number of carbonyl (C=O) groups excluding carboxylic acids is 2. The summed E-state index contributed by atoms with van der Waals surface area (Å²) in [6.45, 7) is 3.79. The number of carbonyl (C=O) groups is 2. The highest BCUT2D eigenvalue weighted by Crippen LogP contribution is 2.19. The van der Waals surface area contributed by atoms with Crippen LogP contribution >= 0.6 is 0 Å². The van der Waals surface area contributed by atoms with Crippen molar-refractivity contribution in [2.75, 3.05) is 0 Å². The Morgan fingerprint density at radius 3 is 2.27 bits per heavy atom. The van der Waals surface area contributed by atoms with Gasteiger partial charge in [-0.2, -0.15) is 5.26 Å². The normalized spacial score (nSPS) is 16.6. The number of hydrogen-bond donors (Lipinski definition) is 1. The molecule has 2 rings (SSSR count). The molecule has 0 aliphatic heterocycles. The molecule has 0 aromatic heterocycles. The van der Waals surface area contributed by atoms with E-state index in [2.05, 4.69) is 5.32 Å². The quantitative estimate of drug-likeness (QED) is 0.686. The van der Waals surface area contributed by atoms with E-state index in [1.165, 1.54) is 6.42 Å². The van der Waals surface area contributed by atoms with Crippen LogP contribution in [0, 0.1) is 31.1 Å². The molecule has 0 saturated heterocycles. The average Bonchev–Trinajstić information content (AvgIpc) is 2.47. The van der Waals surface area contributed by atoms with Gasteiger partial charge in [-0.1, -0.05) is 36.5 Å². The Hall–Kier alpha value is -2.15. The first-order valence-corrected chi connectivity index (χ1v) is 7.84. The van der Waals surface area contributed by atoms with E-state index in [4.69, 9.17) is 0 Å². The number of nitrogens with one attached hydrogen (secondary N) is 1. The van der Waals surface area contributed by atoms with E-state index in [-0.39, 0.29) is 6.04 Å². The Labute approximate surface area is 131 Å². The van der Waals surface area contributed by atoms with Crippen molar-refractivity contribution in [1.82, 2.24) is 5.32 Å². The first-order valence-electron chi connectivity index (χ1n) is 7.84. The molecule has 1 aromatic rings. The summed E-state index contributed by atoms with van der Waals surface area (Å²) < 4.78 is 0. The molecule has 1 aliphatic rings. The predicted molar refractivity (Wildman–Crippen MR) is 84.4 cm³/mol. The molecule has 0 radical (unpaired) electrons. The van der Waals surface area contributed by atoms with Crippen molar-refractivity contribution in [3.63, 3.8) is 0 Å². The van der Waals surface area contributed by atoms with Gasteiger partial charge in [0.25, 0.3) is 0 Å². The van der Waals surface area contributed by atoms with Crippen LogP contribution < -0.4 is 5.32 Å². The van der Waals surface area contributed by atoms with Crippen LogP contribution in [0.25, 0.3) is 0 Å². The molecule has 1 aromatic carbocycles. The van der Waals surface area contributed by atoms with Gasteiger partial charge in [-0.15, -0.1) is 0 Å². The lowest BCUT2D eigenvalue weighted by atomic mass is 9.92. The van der Waals surface area contributed by atoms with E-state index in [9.17, 15) is 14.9 Å². The third-order valence-electron chi connectivity index (χ3n) is 4.11. The largest absolute Gasteiger partial charge is 0.352 e. The van der Waals surface area contributed by atoms with Crippen LogP contribution in [0.15, 0.2) is 18.2 Å². The molecule has 0 unspecified atom stereocenters. The fourth-order valence-electron chi connectivity index (χ4n) is 3.05. The van der Waals surface area contributed by atoms with Crippen molar-refractivity contribution < 1.29 is 9.59 Å². The number of ketones is 1. The van der Waals surface area contributed by atoms with Crippen LogP contribution in [0.5, 0.6) is 0 Å². The van der Waals surface area contributed by atoms with Gasteiger partial charge < -0.3 is 5.32 Å². The monoisotopic (exact) mass is 298 g/mol. The number of aryl methyl sites for hydroxylation is 2. The van der Waals surface area contributed by atoms with E-state index in [1.807, 2.05) is 26.0 Å². The van der Waals surface area contributed by atoms with Gasteiger partial charge in [0, 0.05) is 11.6 Å². The summed E-state index contributed by atoms with van der Waals surface area (Å²) in [5.74, 6) is -2.13. The Kier molecular flexibility index (Phi) is 5.32. The first-order chi connectivity index (χ1) is 10.5. The first kappa shape index (κ1) is 16.2. The van der Waals surface area contributed by atoms with Gasteiger partial charge in [0.1, 0.15) is 0 Å². The number of hydrogen-bond acceptors (Lipinski definition) is 3. The van der Waals surface area contributed by atoms with Crippen molar-refractivity contribution in [3.8, 4) is 6.07 Å². The molecule has 0 heterocycles. The van der Waals surface area contributed by atoms with E-state index in [0.29, 0.717) is 5.56 Å². The standard InChI is InChI=1S/C18H22N2O2/c1-12-8-13(2)10-14(9-12)17(21)16(11-19)18(22)20-15-6-4-3-5-7-15/h8-10,15-16H,3-7H2,1-2H3,(H,20,22)/t16-/m0/s1. The molecular formula is C18H22N2O2. The third-order valence-corrected chi connectivity index (χ3v) is 4.11. The highest BCUT2D eigenvalue weighted by molar-refractivity contribution is 6.12. The lowest BCUT2D eigenvalue weighted by Crippen LogP contribution is -2.42. The molecule has 22 heavy (non-hydrogen) atoms. The maximum absolute atomic E-state index is 12.5. The highest BCUT2D eigenvalue weighted by atomic mass is 16.2. The van der Waals surface area contributed by atoms with Crippen molar-refractivity contribution >= 4 is 11.7 Å². The number of rotatable bonds is 4. The Bertz CT molecular complexity index is 590. The van der Waals surface area contributed by atoms with Gasteiger partial charge in [-0.25, -0.2) is 0 Å². The minimum atomic E-state index is -1.26. The van der Waals surface area contributed by atoms with Crippen molar-refractivity contribution in [3.05, 3.63) is 34.9 Å². The zero-order valence-electron chi connectivity index (χ0n) is 13.2. The second kappa shape index (κ2) is 7.22. The van der Waals surface area contributed by atoms with E-state index >= 15 is 0 Å². The van der Waals surface area contributed by atoms with E-state index in [1.54, 1.807) is 12.1 Å². The van der Waals surface area contributed by atoms with Gasteiger partial charge in [0.05, 0.1) is 6.07 Å². The summed E-state index contributed by atoms with van der Waals surface area (Å²) in [6.07, 6.45) is 5.24. The molecule has 1 aliphatic carbocycles. The molecular weight excluding hydrogens is 276 g/mol. The van der Waals surface area contributed by atoms with Gasteiger partial charge in [0.2, 0.25) is 5.91 Å². The average molecular weight is 298 g/mol. The topological polar surface area (TPSA) is 70.0 Å². The van der Waals surface area contributed by atoms with Crippen molar-refractivity contribution in [1.29, 1.82) is 5.26 Å². The van der Waals surface area contributed by atoms with Gasteiger partial charge in [-0.3, -0.25) is 9.59 Å². The van der Waals surface area contributed by atoms with Crippen LogP contribution in [-0.4, -0.2) is 17.7 Å². The van der Waals surface area contributed by atoms with Gasteiger partial charge in [0.15, 0.2) is 11.7 Å². The molecule has 4 heteroatoms. The lowest BCUT2D eigenvalue weighted by Gasteiger charge is -2.23. The van der Waals surface area contributed by atoms with Crippen LogP contribution in [-0.2, 0) is 4.79 Å². The summed E-state index contributed by atoms with van der Waals surface area (Å²) in [6, 6.07) is 7.39. The van der Waals surface area contributed by atoms with Crippen LogP contribution in [0.2, 0.25) is 0 Å². The molecule has 1 N–H and O–H groups in total. The maximum atomic E-state index is 12.5. The second-order valence-electron chi connectivity index (χ2n) is 6.15. The maximum Gasteiger partial charge on any atom is 0.245 e. The molecule has 116 valence electrons. The Morgan fingerprint density at radius 1 is 1.14 bits per heavy atom.